The Hall–Kier alpha value is -1.26. The topological polar surface area (TPSA) is 78.4 Å². The van der Waals surface area contributed by atoms with Gasteiger partial charge in [0.2, 0.25) is 0 Å². The predicted octanol–water partition coefficient (Wildman–Crippen LogP) is 1.48. The fraction of sp³-hybridized carbons (Fsp3) is 0.818. The predicted molar refractivity (Wildman–Crippen MR) is 60.3 cm³/mol. The van der Waals surface area contributed by atoms with Crippen molar-refractivity contribution in [3.05, 3.63) is 0 Å². The zero-order valence-corrected chi connectivity index (χ0v) is 10.1. The van der Waals surface area contributed by atoms with Gasteiger partial charge in [-0.25, -0.2) is 9.59 Å². The fourth-order valence-corrected chi connectivity index (χ4v) is 1.57. The highest BCUT2D eigenvalue weighted by atomic mass is 16.4. The van der Waals surface area contributed by atoms with Gasteiger partial charge in [-0.2, -0.15) is 0 Å². The summed E-state index contributed by atoms with van der Waals surface area (Å²) in [6.07, 6.45) is 2.68. The monoisotopic (exact) mass is 228 g/mol. The van der Waals surface area contributed by atoms with Crippen molar-refractivity contribution in [3.8, 4) is 0 Å². The van der Waals surface area contributed by atoms with E-state index in [9.17, 15) is 9.59 Å². The molecule has 0 aromatic rings. The van der Waals surface area contributed by atoms with Crippen LogP contribution in [0.4, 0.5) is 4.79 Å². The number of nitrogens with one attached hydrogen (secondary N) is 2. The molecule has 0 aromatic heterocycles. The summed E-state index contributed by atoms with van der Waals surface area (Å²) in [4.78, 5) is 22.7. The molecule has 0 aliphatic heterocycles. The molecule has 5 heteroatoms. The first-order chi connectivity index (χ1) is 7.31. The second-order valence-electron chi connectivity index (χ2n) is 5.06. The van der Waals surface area contributed by atoms with Crippen LogP contribution >= 0.6 is 0 Å². The number of rotatable bonds is 4. The van der Waals surface area contributed by atoms with Crippen LogP contribution in [0.25, 0.3) is 0 Å². The van der Waals surface area contributed by atoms with Crippen molar-refractivity contribution in [2.75, 3.05) is 0 Å². The van der Waals surface area contributed by atoms with Gasteiger partial charge < -0.3 is 15.7 Å². The second-order valence-corrected chi connectivity index (χ2v) is 5.06. The maximum atomic E-state index is 11.6. The molecule has 5 nitrogen and oxygen atoms in total. The van der Waals surface area contributed by atoms with Gasteiger partial charge in [0.05, 0.1) is 0 Å². The molecule has 1 aliphatic carbocycles. The Kier molecular flexibility index (Phi) is 3.45. The summed E-state index contributed by atoms with van der Waals surface area (Å²) in [6, 6.07) is -0.394. The number of carboxylic acid groups (broad SMARTS) is 1. The fourth-order valence-electron chi connectivity index (χ4n) is 1.57. The molecule has 0 unspecified atom stereocenters. The lowest BCUT2D eigenvalue weighted by atomic mass is 9.77. The van der Waals surface area contributed by atoms with Crippen LogP contribution in [0.15, 0.2) is 0 Å². The highest BCUT2D eigenvalue weighted by Crippen LogP contribution is 2.31. The molecule has 0 heterocycles. The maximum Gasteiger partial charge on any atom is 0.329 e. The molecule has 0 spiro atoms. The Morgan fingerprint density at radius 3 is 2.25 bits per heavy atom. The van der Waals surface area contributed by atoms with E-state index in [2.05, 4.69) is 10.6 Å². The Morgan fingerprint density at radius 2 is 1.94 bits per heavy atom. The van der Waals surface area contributed by atoms with E-state index in [4.69, 9.17) is 5.11 Å². The van der Waals surface area contributed by atoms with Crippen LogP contribution in [0.2, 0.25) is 0 Å². The molecule has 0 atom stereocenters. The SMILES string of the molecule is CCC(C)(C)NC(=O)NC1(C(=O)O)CCC1. The maximum absolute atomic E-state index is 11.6. The molecular weight excluding hydrogens is 208 g/mol. The molecule has 0 bridgehead atoms. The van der Waals surface area contributed by atoms with Gasteiger partial charge in [-0.1, -0.05) is 6.92 Å². The number of carbonyl (C=O) groups excluding carboxylic acids is 1. The average Bonchev–Trinajstić information content (AvgIpc) is 2.10. The van der Waals surface area contributed by atoms with Crippen LogP contribution in [0.5, 0.6) is 0 Å². The van der Waals surface area contributed by atoms with Crippen LogP contribution in [0, 0.1) is 0 Å². The normalized spacial score (nSPS) is 18.4. The molecule has 0 saturated heterocycles. The van der Waals surface area contributed by atoms with Gasteiger partial charge in [-0.3, -0.25) is 0 Å². The first kappa shape index (κ1) is 12.8. The molecular formula is C11H20N2O3. The van der Waals surface area contributed by atoms with Gasteiger partial charge in [0, 0.05) is 5.54 Å². The van der Waals surface area contributed by atoms with Crippen molar-refractivity contribution in [3.63, 3.8) is 0 Å². The van der Waals surface area contributed by atoms with Crippen molar-refractivity contribution in [2.24, 2.45) is 0 Å². The van der Waals surface area contributed by atoms with E-state index in [0.29, 0.717) is 12.8 Å². The zero-order chi connectivity index (χ0) is 12.4. The van der Waals surface area contributed by atoms with Crippen LogP contribution in [-0.4, -0.2) is 28.2 Å². The highest BCUT2D eigenvalue weighted by molar-refractivity contribution is 5.87. The molecule has 0 radical (unpaired) electrons. The van der Waals surface area contributed by atoms with E-state index in [0.717, 1.165) is 12.8 Å². The standard InChI is InChI=1S/C11H20N2O3/c1-4-10(2,3)12-9(16)13-11(8(14)15)6-5-7-11/h4-7H2,1-3H3,(H,14,15)(H2,12,13,16). The lowest BCUT2D eigenvalue weighted by Gasteiger charge is -2.39. The first-order valence-electron chi connectivity index (χ1n) is 5.65. The van der Waals surface area contributed by atoms with Crippen molar-refractivity contribution in [1.82, 2.24) is 10.6 Å². The quantitative estimate of drug-likeness (QED) is 0.682. The molecule has 0 aromatic carbocycles. The number of amides is 2. The van der Waals surface area contributed by atoms with Crippen LogP contribution < -0.4 is 10.6 Å². The summed E-state index contributed by atoms with van der Waals surface area (Å²) < 4.78 is 0. The Labute approximate surface area is 95.6 Å². The third-order valence-electron chi connectivity index (χ3n) is 3.31. The number of carboxylic acids is 1. The van der Waals surface area contributed by atoms with E-state index >= 15 is 0 Å². The second kappa shape index (κ2) is 4.31. The molecule has 2 amide bonds. The first-order valence-corrected chi connectivity index (χ1v) is 5.65. The van der Waals surface area contributed by atoms with Gasteiger partial charge >= 0.3 is 12.0 Å². The minimum Gasteiger partial charge on any atom is -0.480 e. The number of urea groups is 1. The minimum atomic E-state index is -1.03. The summed E-state index contributed by atoms with van der Waals surface area (Å²) in [5, 5.41) is 14.4. The summed E-state index contributed by atoms with van der Waals surface area (Å²) in [7, 11) is 0. The molecule has 1 rings (SSSR count). The number of hydrogen-bond donors (Lipinski definition) is 3. The lowest BCUT2D eigenvalue weighted by molar-refractivity contribution is -0.148. The third kappa shape index (κ3) is 2.65. The summed E-state index contributed by atoms with van der Waals surface area (Å²) in [6.45, 7) is 5.78. The van der Waals surface area contributed by atoms with Gasteiger partial charge in [0.1, 0.15) is 5.54 Å². The number of aliphatic carboxylic acids is 1. The average molecular weight is 228 g/mol. The zero-order valence-electron chi connectivity index (χ0n) is 10.1. The molecule has 1 saturated carbocycles. The molecule has 3 N–H and O–H groups in total. The van der Waals surface area contributed by atoms with E-state index in [1.807, 2.05) is 20.8 Å². The van der Waals surface area contributed by atoms with Crippen molar-refractivity contribution in [2.45, 2.75) is 57.5 Å². The largest absolute Gasteiger partial charge is 0.480 e. The summed E-state index contributed by atoms with van der Waals surface area (Å²) in [5.41, 5.74) is -1.35. The van der Waals surface area contributed by atoms with E-state index < -0.39 is 17.5 Å². The highest BCUT2D eigenvalue weighted by Gasteiger charge is 2.46. The molecule has 1 fully saturated rings. The van der Waals surface area contributed by atoms with Crippen molar-refractivity contribution in [1.29, 1.82) is 0 Å². The minimum absolute atomic E-state index is 0.312. The van der Waals surface area contributed by atoms with E-state index in [-0.39, 0.29) is 5.54 Å². The Balaban J connectivity index is 2.54. The Morgan fingerprint density at radius 1 is 1.38 bits per heavy atom. The summed E-state index contributed by atoms with van der Waals surface area (Å²) in [5.74, 6) is -0.941. The smallest absolute Gasteiger partial charge is 0.329 e. The summed E-state index contributed by atoms with van der Waals surface area (Å²) >= 11 is 0. The van der Waals surface area contributed by atoms with E-state index in [1.165, 1.54) is 0 Å². The molecule has 16 heavy (non-hydrogen) atoms. The van der Waals surface area contributed by atoms with Crippen molar-refractivity contribution >= 4 is 12.0 Å². The van der Waals surface area contributed by atoms with Gasteiger partial charge in [0.25, 0.3) is 0 Å². The van der Waals surface area contributed by atoms with Crippen LogP contribution in [0.1, 0.15) is 46.5 Å². The number of hydrogen-bond acceptors (Lipinski definition) is 2. The van der Waals surface area contributed by atoms with Crippen LogP contribution in [0.3, 0.4) is 0 Å². The number of carbonyl (C=O) groups is 2. The van der Waals surface area contributed by atoms with Crippen LogP contribution in [-0.2, 0) is 4.79 Å². The van der Waals surface area contributed by atoms with E-state index in [1.54, 1.807) is 0 Å². The van der Waals surface area contributed by atoms with Gasteiger partial charge in [0.15, 0.2) is 0 Å². The lowest BCUT2D eigenvalue weighted by Crippen LogP contribution is -2.63. The Bertz CT molecular complexity index is 296. The molecule has 92 valence electrons. The third-order valence-corrected chi connectivity index (χ3v) is 3.31. The molecule has 1 aliphatic rings. The van der Waals surface area contributed by atoms with Crippen molar-refractivity contribution < 1.29 is 14.7 Å². The van der Waals surface area contributed by atoms with Gasteiger partial charge in [-0.15, -0.1) is 0 Å². The van der Waals surface area contributed by atoms with Gasteiger partial charge in [-0.05, 0) is 39.5 Å².